The van der Waals surface area contributed by atoms with E-state index in [-0.39, 0.29) is 0 Å². The molecule has 10 heteroatoms. The molecule has 5 rings (SSSR count). The van der Waals surface area contributed by atoms with Crippen LogP contribution >= 0.6 is 46.1 Å². The molecule has 32 heavy (non-hydrogen) atoms. The summed E-state index contributed by atoms with van der Waals surface area (Å²) >= 11 is 20.2. The summed E-state index contributed by atoms with van der Waals surface area (Å²) in [6, 6.07) is 12.9. The molecule has 0 aliphatic carbocycles. The van der Waals surface area contributed by atoms with E-state index in [4.69, 9.17) is 39.9 Å². The monoisotopic (exact) mass is 498 g/mol. The van der Waals surface area contributed by atoms with Crippen LogP contribution in [-0.4, -0.2) is 29.9 Å². The van der Waals surface area contributed by atoms with Crippen molar-refractivity contribution in [1.82, 2.24) is 29.9 Å². The van der Waals surface area contributed by atoms with Gasteiger partial charge in [0.15, 0.2) is 10.0 Å². The van der Waals surface area contributed by atoms with Crippen molar-refractivity contribution in [3.8, 4) is 38.3 Å². The molecule has 6 nitrogen and oxygen atoms in total. The van der Waals surface area contributed by atoms with Gasteiger partial charge in [-0.25, -0.2) is 4.68 Å². The molecule has 0 spiro atoms. The standard InChI is InChI=1S/C22H13Cl3N6S/c1-12-19(22-29-28-21(32-22)17-11-26-8-9-27-17)30-31(18-7-6-15(24)10-16(18)25)20(12)13-2-4-14(23)5-3-13/h2-11H,1H3. The summed E-state index contributed by atoms with van der Waals surface area (Å²) in [7, 11) is 0. The van der Waals surface area contributed by atoms with Gasteiger partial charge in [0, 0.05) is 33.6 Å². The fourth-order valence-electron chi connectivity index (χ4n) is 3.31. The number of hydrogen-bond acceptors (Lipinski definition) is 6. The Bertz CT molecular complexity index is 1410. The van der Waals surface area contributed by atoms with Crippen molar-refractivity contribution in [2.45, 2.75) is 6.92 Å². The van der Waals surface area contributed by atoms with E-state index in [0.717, 1.165) is 16.8 Å². The first kappa shape index (κ1) is 21.0. The number of nitrogens with zero attached hydrogens (tertiary/aromatic N) is 6. The van der Waals surface area contributed by atoms with Gasteiger partial charge in [-0.1, -0.05) is 58.3 Å². The first-order valence-electron chi connectivity index (χ1n) is 9.42. The lowest BCUT2D eigenvalue weighted by Crippen LogP contribution is -2.00. The average molecular weight is 500 g/mol. The van der Waals surface area contributed by atoms with Crippen LogP contribution in [0.1, 0.15) is 5.56 Å². The van der Waals surface area contributed by atoms with Crippen LogP contribution in [0.5, 0.6) is 0 Å². The number of rotatable bonds is 4. The molecule has 0 unspecified atom stereocenters. The zero-order chi connectivity index (χ0) is 22.2. The Kier molecular flexibility index (Phi) is 5.65. The molecule has 0 saturated heterocycles. The van der Waals surface area contributed by atoms with Crippen LogP contribution in [-0.2, 0) is 0 Å². The highest BCUT2D eigenvalue weighted by Crippen LogP contribution is 2.38. The van der Waals surface area contributed by atoms with Crippen molar-refractivity contribution in [1.29, 1.82) is 0 Å². The molecule has 2 aromatic carbocycles. The van der Waals surface area contributed by atoms with Crippen molar-refractivity contribution in [3.05, 3.63) is 81.7 Å². The van der Waals surface area contributed by atoms with E-state index in [1.54, 1.807) is 35.4 Å². The minimum Gasteiger partial charge on any atom is -0.261 e. The molecule has 0 atom stereocenters. The second kappa shape index (κ2) is 8.60. The van der Waals surface area contributed by atoms with Crippen LogP contribution in [0.15, 0.2) is 61.1 Å². The minimum absolute atomic E-state index is 0.485. The molecule has 0 bridgehead atoms. The van der Waals surface area contributed by atoms with E-state index in [1.807, 2.05) is 37.3 Å². The van der Waals surface area contributed by atoms with Gasteiger partial charge in [-0.05, 0) is 37.3 Å². The average Bonchev–Trinajstić information content (AvgIpc) is 3.40. The van der Waals surface area contributed by atoms with E-state index in [0.29, 0.717) is 42.2 Å². The lowest BCUT2D eigenvalue weighted by molar-refractivity contribution is 0.889. The Morgan fingerprint density at radius 2 is 1.62 bits per heavy atom. The summed E-state index contributed by atoms with van der Waals surface area (Å²) in [6.07, 6.45) is 4.89. The normalized spacial score (nSPS) is 11.1. The van der Waals surface area contributed by atoms with Gasteiger partial charge in [0.1, 0.15) is 11.4 Å². The largest absolute Gasteiger partial charge is 0.261 e. The van der Waals surface area contributed by atoms with Crippen LogP contribution in [0, 0.1) is 6.92 Å². The SMILES string of the molecule is Cc1c(-c2nnc(-c3cnccn3)s2)nn(-c2ccc(Cl)cc2Cl)c1-c1ccc(Cl)cc1. The van der Waals surface area contributed by atoms with Crippen molar-refractivity contribution < 1.29 is 0 Å². The molecule has 0 fully saturated rings. The van der Waals surface area contributed by atoms with E-state index in [2.05, 4.69) is 20.2 Å². The number of halogens is 3. The molecular formula is C22H13Cl3N6S. The van der Waals surface area contributed by atoms with Crippen molar-refractivity contribution in [2.75, 3.05) is 0 Å². The first-order chi connectivity index (χ1) is 15.5. The first-order valence-corrected chi connectivity index (χ1v) is 11.4. The second-order valence-corrected chi connectivity index (χ2v) is 9.10. The zero-order valence-corrected chi connectivity index (χ0v) is 19.6. The summed E-state index contributed by atoms with van der Waals surface area (Å²) < 4.78 is 1.80. The van der Waals surface area contributed by atoms with Gasteiger partial charge >= 0.3 is 0 Å². The maximum atomic E-state index is 6.53. The summed E-state index contributed by atoms with van der Waals surface area (Å²) in [5, 5.41) is 16.5. The molecule has 3 heterocycles. The highest BCUT2D eigenvalue weighted by Gasteiger charge is 2.23. The van der Waals surface area contributed by atoms with E-state index in [1.165, 1.54) is 11.3 Å². The molecule has 0 aliphatic rings. The Morgan fingerprint density at radius 3 is 2.34 bits per heavy atom. The van der Waals surface area contributed by atoms with Gasteiger partial charge in [-0.3, -0.25) is 9.97 Å². The maximum Gasteiger partial charge on any atom is 0.168 e. The van der Waals surface area contributed by atoms with E-state index in [9.17, 15) is 0 Å². The Morgan fingerprint density at radius 1 is 0.875 bits per heavy atom. The molecule has 0 aliphatic heterocycles. The lowest BCUT2D eigenvalue weighted by Gasteiger charge is -2.11. The Hall–Kier alpha value is -2.84. The molecule has 3 aromatic heterocycles. The van der Waals surface area contributed by atoms with Gasteiger partial charge in [0.05, 0.1) is 22.6 Å². The van der Waals surface area contributed by atoms with Gasteiger partial charge in [0.25, 0.3) is 0 Å². The fraction of sp³-hybridized carbons (Fsp3) is 0.0455. The lowest BCUT2D eigenvalue weighted by atomic mass is 10.1. The predicted octanol–water partition coefficient (Wildman–Crippen LogP) is 6.78. The molecule has 0 N–H and O–H groups in total. The molecular weight excluding hydrogens is 487 g/mol. The minimum atomic E-state index is 0.485. The predicted molar refractivity (Wildman–Crippen MR) is 129 cm³/mol. The number of benzene rings is 2. The van der Waals surface area contributed by atoms with E-state index < -0.39 is 0 Å². The highest BCUT2D eigenvalue weighted by atomic mass is 35.5. The number of hydrogen-bond donors (Lipinski definition) is 0. The van der Waals surface area contributed by atoms with Crippen LogP contribution < -0.4 is 0 Å². The maximum absolute atomic E-state index is 6.53. The molecule has 0 radical (unpaired) electrons. The zero-order valence-electron chi connectivity index (χ0n) is 16.5. The summed E-state index contributed by atoms with van der Waals surface area (Å²) in [4.78, 5) is 8.40. The third-order valence-electron chi connectivity index (χ3n) is 4.79. The summed E-state index contributed by atoms with van der Waals surface area (Å²) in [5.41, 5.74) is 4.81. The molecule has 5 aromatic rings. The van der Waals surface area contributed by atoms with Crippen LogP contribution in [0.25, 0.3) is 38.3 Å². The van der Waals surface area contributed by atoms with Gasteiger partial charge < -0.3 is 0 Å². The Labute approximate surface area is 202 Å². The number of aromatic nitrogens is 6. The third-order valence-corrected chi connectivity index (χ3v) is 6.53. The quantitative estimate of drug-likeness (QED) is 0.272. The van der Waals surface area contributed by atoms with Gasteiger partial charge in [-0.2, -0.15) is 5.10 Å². The second-order valence-electron chi connectivity index (χ2n) is 6.84. The smallest absolute Gasteiger partial charge is 0.168 e. The third kappa shape index (κ3) is 3.89. The van der Waals surface area contributed by atoms with Gasteiger partial charge in [-0.15, -0.1) is 10.2 Å². The van der Waals surface area contributed by atoms with Crippen LogP contribution in [0.3, 0.4) is 0 Å². The summed E-state index contributed by atoms with van der Waals surface area (Å²) in [5.74, 6) is 0. The van der Waals surface area contributed by atoms with Gasteiger partial charge in [0.2, 0.25) is 0 Å². The Balaban J connectivity index is 1.70. The molecule has 0 amide bonds. The fourth-order valence-corrected chi connectivity index (χ4v) is 4.77. The molecule has 158 valence electrons. The van der Waals surface area contributed by atoms with Crippen molar-refractivity contribution in [3.63, 3.8) is 0 Å². The van der Waals surface area contributed by atoms with Crippen LogP contribution in [0.2, 0.25) is 15.1 Å². The highest BCUT2D eigenvalue weighted by molar-refractivity contribution is 7.17. The van der Waals surface area contributed by atoms with Crippen LogP contribution in [0.4, 0.5) is 0 Å². The summed E-state index contributed by atoms with van der Waals surface area (Å²) in [6.45, 7) is 2.00. The van der Waals surface area contributed by atoms with Crippen molar-refractivity contribution >= 4 is 46.1 Å². The topological polar surface area (TPSA) is 69.4 Å². The van der Waals surface area contributed by atoms with Crippen molar-refractivity contribution in [2.24, 2.45) is 0 Å². The van der Waals surface area contributed by atoms with E-state index >= 15 is 0 Å². The molecule has 0 saturated carbocycles.